The van der Waals surface area contributed by atoms with E-state index in [9.17, 15) is 9.59 Å². The van der Waals surface area contributed by atoms with E-state index in [1.807, 2.05) is 41.0 Å². The van der Waals surface area contributed by atoms with Crippen molar-refractivity contribution in [3.8, 4) is 5.69 Å². The van der Waals surface area contributed by atoms with E-state index in [0.29, 0.717) is 18.4 Å². The van der Waals surface area contributed by atoms with Crippen LogP contribution in [0.2, 0.25) is 0 Å². The van der Waals surface area contributed by atoms with Crippen LogP contribution in [0.15, 0.2) is 65.5 Å². The number of para-hydroxylation sites is 1. The Labute approximate surface area is 227 Å². The zero-order chi connectivity index (χ0) is 27.4. The monoisotopic (exact) mass is 525 g/mol. The highest BCUT2D eigenvalue weighted by atomic mass is 16.1. The number of rotatable bonds is 5. The van der Waals surface area contributed by atoms with Crippen molar-refractivity contribution in [3.63, 3.8) is 0 Å². The maximum atomic E-state index is 13.5. The molecule has 2 aromatic heterocycles. The molecule has 4 aromatic rings. The highest BCUT2D eigenvalue weighted by Crippen LogP contribution is 2.27. The molecule has 1 fully saturated rings. The minimum absolute atomic E-state index is 0.0736. The molecule has 1 saturated carbocycles. The summed E-state index contributed by atoms with van der Waals surface area (Å²) in [6.45, 7) is 2.75. The Kier molecular flexibility index (Phi) is 7.67. The summed E-state index contributed by atoms with van der Waals surface area (Å²) in [7, 11) is 0. The first kappa shape index (κ1) is 26.1. The van der Waals surface area contributed by atoms with E-state index in [2.05, 4.69) is 46.9 Å². The number of hydrogen-bond acceptors (Lipinski definition) is 6. The summed E-state index contributed by atoms with van der Waals surface area (Å²) in [5.41, 5.74) is 13.9. The lowest BCUT2D eigenvalue weighted by Gasteiger charge is -2.25. The van der Waals surface area contributed by atoms with Gasteiger partial charge in [0.25, 0.3) is 11.5 Å². The molecule has 2 aliphatic rings. The number of pyridine rings is 1. The van der Waals surface area contributed by atoms with Gasteiger partial charge in [0, 0.05) is 35.9 Å². The van der Waals surface area contributed by atoms with Crippen molar-refractivity contribution in [1.29, 1.82) is 0 Å². The van der Waals surface area contributed by atoms with E-state index >= 15 is 0 Å². The van der Waals surface area contributed by atoms with E-state index in [-0.39, 0.29) is 16.9 Å². The molecule has 39 heavy (non-hydrogen) atoms. The van der Waals surface area contributed by atoms with Gasteiger partial charge in [0.1, 0.15) is 11.4 Å². The van der Waals surface area contributed by atoms with Gasteiger partial charge >= 0.3 is 0 Å². The number of carbonyl (C=O) groups excluding carboxylic acids is 1. The molecular weight excluding hydrogens is 490 g/mol. The van der Waals surface area contributed by atoms with E-state index in [1.54, 1.807) is 6.20 Å². The van der Waals surface area contributed by atoms with Crippen LogP contribution in [0.3, 0.4) is 0 Å². The number of hydrogen-bond donors (Lipinski definition) is 4. The van der Waals surface area contributed by atoms with Crippen molar-refractivity contribution in [1.82, 2.24) is 14.3 Å². The number of nitrogens with two attached hydrogens (primary N) is 2. The summed E-state index contributed by atoms with van der Waals surface area (Å²) in [5, 5.41) is 12.4. The second-order valence-corrected chi connectivity index (χ2v) is 9.90. The number of aromatic nitrogens is 3. The molecule has 0 radical (unpaired) electrons. The Morgan fingerprint density at radius 2 is 1.87 bits per heavy atom. The highest BCUT2D eigenvalue weighted by molar-refractivity contribution is 6.02. The predicted octanol–water partition coefficient (Wildman–Crippen LogP) is 4.76. The van der Waals surface area contributed by atoms with Gasteiger partial charge in [-0.15, -0.1) is 5.10 Å². The lowest BCUT2D eigenvalue weighted by atomic mass is 9.95. The predicted molar refractivity (Wildman–Crippen MR) is 158 cm³/mol. The standard InChI is InChI=1S/C23H26N2O.C7H9N5O/c1-2-19-16-17-10-9-15-21(24-18-11-5-3-6-12-18)22(17)23(26)25(19)20-13-7-4-8-14-20;8-5-4(6(9)13)7-10-2-1-3-12(7)11-5/h4,7-10,13-16,18,24H,2-3,5-6,11-12H2,1H3;1,3,10H,2H2,(H2,8,11)(H2,9,13). The van der Waals surface area contributed by atoms with E-state index in [4.69, 9.17) is 11.5 Å². The number of nitrogen functional groups attached to an aromatic ring is 1. The van der Waals surface area contributed by atoms with E-state index < -0.39 is 5.91 Å². The third kappa shape index (κ3) is 5.38. The van der Waals surface area contributed by atoms with Crippen LogP contribution in [-0.2, 0) is 6.42 Å². The minimum Gasteiger partial charge on any atom is -0.382 e. The normalized spacial score (nSPS) is 14.7. The van der Waals surface area contributed by atoms with Crippen LogP contribution in [-0.4, -0.2) is 32.8 Å². The molecule has 1 aliphatic heterocycles. The first-order valence-electron chi connectivity index (χ1n) is 13.6. The molecule has 3 heterocycles. The van der Waals surface area contributed by atoms with E-state index in [1.165, 1.54) is 36.8 Å². The number of nitrogens with zero attached hydrogens (tertiary/aromatic N) is 3. The molecule has 0 bridgehead atoms. The smallest absolute Gasteiger partial charge is 0.265 e. The van der Waals surface area contributed by atoms with Crippen molar-refractivity contribution in [2.24, 2.45) is 5.73 Å². The van der Waals surface area contributed by atoms with Crippen LogP contribution < -0.4 is 27.7 Å². The summed E-state index contributed by atoms with van der Waals surface area (Å²) < 4.78 is 3.37. The lowest BCUT2D eigenvalue weighted by Crippen LogP contribution is -2.26. The fourth-order valence-electron chi connectivity index (χ4n) is 5.40. The maximum Gasteiger partial charge on any atom is 0.265 e. The van der Waals surface area contributed by atoms with E-state index in [0.717, 1.165) is 34.3 Å². The number of amides is 1. The number of benzene rings is 2. The van der Waals surface area contributed by atoms with Gasteiger partial charge in [0.2, 0.25) is 0 Å². The van der Waals surface area contributed by atoms with Crippen molar-refractivity contribution in [2.45, 2.75) is 51.5 Å². The Morgan fingerprint density at radius 3 is 2.59 bits per heavy atom. The summed E-state index contributed by atoms with van der Waals surface area (Å²) in [6, 6.07) is 18.8. The van der Waals surface area contributed by atoms with Gasteiger partial charge in [-0.25, -0.2) is 4.68 Å². The number of primary amides is 1. The zero-order valence-corrected chi connectivity index (χ0v) is 22.2. The third-order valence-electron chi connectivity index (χ3n) is 7.28. The number of fused-ring (bicyclic) bond motifs is 2. The van der Waals surface area contributed by atoms with Crippen LogP contribution in [0, 0.1) is 0 Å². The van der Waals surface area contributed by atoms with Gasteiger partial charge in [-0.1, -0.05) is 56.5 Å². The largest absolute Gasteiger partial charge is 0.382 e. The number of carbonyl (C=O) groups is 1. The second-order valence-electron chi connectivity index (χ2n) is 9.90. The molecule has 1 aliphatic carbocycles. The molecule has 6 rings (SSSR count). The fourth-order valence-corrected chi connectivity index (χ4v) is 5.40. The highest BCUT2D eigenvalue weighted by Gasteiger charge is 2.20. The quantitative estimate of drug-likeness (QED) is 0.297. The van der Waals surface area contributed by atoms with Crippen LogP contribution >= 0.6 is 0 Å². The van der Waals surface area contributed by atoms with Crippen LogP contribution in [0.4, 0.5) is 17.3 Å². The Morgan fingerprint density at radius 1 is 1.10 bits per heavy atom. The average Bonchev–Trinajstić information content (AvgIpc) is 3.30. The Bertz CT molecular complexity index is 1560. The topological polar surface area (TPSA) is 133 Å². The summed E-state index contributed by atoms with van der Waals surface area (Å²) in [5.74, 6) is 0.149. The van der Waals surface area contributed by atoms with Crippen molar-refractivity contribution >= 4 is 40.2 Å². The minimum atomic E-state index is -0.568. The molecule has 0 saturated heterocycles. The molecule has 9 heteroatoms. The molecule has 6 N–H and O–H groups in total. The molecule has 0 spiro atoms. The van der Waals surface area contributed by atoms with Gasteiger partial charge < -0.3 is 22.1 Å². The molecular formula is C30H35N7O2. The molecule has 0 atom stereocenters. The van der Waals surface area contributed by atoms with Crippen LogP contribution in [0.25, 0.3) is 22.7 Å². The third-order valence-corrected chi connectivity index (χ3v) is 7.28. The second kappa shape index (κ2) is 11.5. The Balaban J connectivity index is 0.000000198. The Hall–Kier alpha value is -4.53. The summed E-state index contributed by atoms with van der Waals surface area (Å²) in [6.07, 6.45) is 10.7. The van der Waals surface area contributed by atoms with Gasteiger partial charge in [0.05, 0.1) is 5.39 Å². The molecule has 0 unspecified atom stereocenters. The first-order valence-corrected chi connectivity index (χ1v) is 13.6. The number of anilines is 3. The SMILES string of the molecule is CCc1cc2cccc(NC3CCCCC3)c2c(=O)n1-c1ccccc1.NC(=O)c1c(N)nn2c1NCC=C2. The lowest BCUT2D eigenvalue weighted by molar-refractivity contribution is 0.100. The number of aryl methyl sites for hydroxylation is 1. The van der Waals surface area contributed by atoms with Crippen molar-refractivity contribution < 1.29 is 4.79 Å². The molecule has 2 aromatic carbocycles. The first-order chi connectivity index (χ1) is 19.0. The average molecular weight is 526 g/mol. The van der Waals surface area contributed by atoms with Crippen molar-refractivity contribution in [3.05, 3.63) is 82.3 Å². The molecule has 1 amide bonds. The molecule has 9 nitrogen and oxygen atoms in total. The van der Waals surface area contributed by atoms with Crippen molar-refractivity contribution in [2.75, 3.05) is 22.9 Å². The summed E-state index contributed by atoms with van der Waals surface area (Å²) >= 11 is 0. The van der Waals surface area contributed by atoms with Gasteiger partial charge in [-0.2, -0.15) is 0 Å². The maximum absolute atomic E-state index is 13.5. The van der Waals surface area contributed by atoms with Gasteiger partial charge in [-0.3, -0.25) is 14.2 Å². The number of nitrogens with one attached hydrogen (secondary N) is 2. The fraction of sp³-hybridized carbons (Fsp3) is 0.300. The summed E-state index contributed by atoms with van der Waals surface area (Å²) in [4.78, 5) is 24.5. The van der Waals surface area contributed by atoms with Crippen LogP contribution in [0.5, 0.6) is 0 Å². The van der Waals surface area contributed by atoms with Gasteiger partial charge in [-0.05, 0) is 55.0 Å². The zero-order valence-electron chi connectivity index (χ0n) is 22.2. The molecule has 202 valence electrons. The van der Waals surface area contributed by atoms with Gasteiger partial charge in [0.15, 0.2) is 5.82 Å². The van der Waals surface area contributed by atoms with Crippen LogP contribution in [0.1, 0.15) is 55.1 Å².